The van der Waals surface area contributed by atoms with E-state index in [-0.39, 0.29) is 17.8 Å². The summed E-state index contributed by atoms with van der Waals surface area (Å²) in [7, 11) is 0. The van der Waals surface area contributed by atoms with Gasteiger partial charge in [-0.1, -0.05) is 34.7 Å². The molecule has 3 aromatic rings. The van der Waals surface area contributed by atoms with E-state index in [9.17, 15) is 28.5 Å². The summed E-state index contributed by atoms with van der Waals surface area (Å²) in [4.78, 5) is 0.804. The average Bonchev–Trinajstić information content (AvgIpc) is 3.22. The molecule has 4 atom stereocenters. The van der Waals surface area contributed by atoms with Gasteiger partial charge in [0.25, 0.3) is 0 Å². The first-order valence-electron chi connectivity index (χ1n) is 10.1. The lowest BCUT2D eigenvalue weighted by molar-refractivity contribution is -0.0972. The molecule has 1 aromatic heterocycles. The van der Waals surface area contributed by atoms with Gasteiger partial charge >= 0.3 is 0 Å². The number of benzene rings is 2. The summed E-state index contributed by atoms with van der Waals surface area (Å²) < 4.78 is 47.3. The van der Waals surface area contributed by atoms with E-state index in [2.05, 4.69) is 10.3 Å². The van der Waals surface area contributed by atoms with E-state index in [4.69, 9.17) is 4.74 Å². The van der Waals surface area contributed by atoms with Crippen molar-refractivity contribution in [2.75, 3.05) is 6.61 Å². The van der Waals surface area contributed by atoms with Crippen molar-refractivity contribution in [3.8, 4) is 11.3 Å². The Morgan fingerprint density at radius 2 is 1.82 bits per heavy atom. The predicted octanol–water partition coefficient (Wildman–Crippen LogP) is 2.91. The standard InChI is InChI=1S/C22H24F3N3O4S/c1-12-4-3-5-15(6-12)33-22(32-20(11-29)13(2)30)19(31)10-28-9-18(26-27-28)14-7-16(23)21(25)17(24)8-14/h3-9,13,19-20,22,29-31H,10-11H2,1-2H3/t13-,19+,20?,22?/m1/s1. The molecule has 0 aliphatic carbocycles. The number of hydrogen-bond donors (Lipinski definition) is 3. The van der Waals surface area contributed by atoms with Crippen molar-refractivity contribution >= 4 is 11.8 Å². The van der Waals surface area contributed by atoms with E-state index < -0.39 is 47.8 Å². The van der Waals surface area contributed by atoms with Crippen molar-refractivity contribution in [1.29, 1.82) is 0 Å². The smallest absolute Gasteiger partial charge is 0.194 e. The summed E-state index contributed by atoms with van der Waals surface area (Å²) in [5.74, 6) is -4.28. The molecule has 0 spiro atoms. The zero-order valence-corrected chi connectivity index (χ0v) is 18.7. The molecule has 11 heteroatoms. The lowest BCUT2D eigenvalue weighted by atomic mass is 10.1. The molecule has 33 heavy (non-hydrogen) atoms. The van der Waals surface area contributed by atoms with Crippen molar-refractivity contribution in [3.63, 3.8) is 0 Å². The number of halogens is 3. The van der Waals surface area contributed by atoms with Crippen LogP contribution in [-0.4, -0.2) is 60.7 Å². The highest BCUT2D eigenvalue weighted by atomic mass is 32.2. The number of rotatable bonds is 10. The highest BCUT2D eigenvalue weighted by molar-refractivity contribution is 7.99. The summed E-state index contributed by atoms with van der Waals surface area (Å²) in [6.07, 6.45) is -1.73. The van der Waals surface area contributed by atoms with Gasteiger partial charge < -0.3 is 20.1 Å². The highest BCUT2D eigenvalue weighted by Crippen LogP contribution is 2.29. The molecule has 0 aliphatic heterocycles. The third-order valence-corrected chi connectivity index (χ3v) is 5.96. The first-order chi connectivity index (χ1) is 15.7. The zero-order chi connectivity index (χ0) is 24.1. The lowest BCUT2D eigenvalue weighted by Gasteiger charge is -2.28. The van der Waals surface area contributed by atoms with E-state index in [0.717, 1.165) is 22.6 Å². The van der Waals surface area contributed by atoms with Crippen LogP contribution in [-0.2, 0) is 11.3 Å². The van der Waals surface area contributed by atoms with Crippen LogP contribution < -0.4 is 0 Å². The van der Waals surface area contributed by atoms with Gasteiger partial charge in [-0.25, -0.2) is 17.9 Å². The number of aryl methyl sites for hydroxylation is 1. The molecule has 3 rings (SSSR count). The maximum absolute atomic E-state index is 13.5. The number of aliphatic hydroxyl groups excluding tert-OH is 3. The second kappa shape index (κ2) is 11.1. The Bertz CT molecular complexity index is 1060. The summed E-state index contributed by atoms with van der Waals surface area (Å²) in [5.41, 5.74) is 0.179. The number of thioether (sulfide) groups is 1. The molecule has 0 amide bonds. The normalized spacial score (nSPS) is 15.3. The van der Waals surface area contributed by atoms with Gasteiger partial charge in [-0.15, -0.1) is 5.10 Å². The van der Waals surface area contributed by atoms with Crippen LogP contribution in [0, 0.1) is 24.4 Å². The third-order valence-electron chi connectivity index (χ3n) is 4.78. The van der Waals surface area contributed by atoms with Crippen LogP contribution in [0.2, 0.25) is 0 Å². The van der Waals surface area contributed by atoms with Crippen LogP contribution in [0.25, 0.3) is 11.3 Å². The largest absolute Gasteiger partial charge is 0.394 e. The van der Waals surface area contributed by atoms with Gasteiger partial charge in [0.05, 0.1) is 25.5 Å². The molecule has 1 heterocycles. The predicted molar refractivity (Wildman–Crippen MR) is 116 cm³/mol. The van der Waals surface area contributed by atoms with Gasteiger partial charge in [-0.2, -0.15) is 0 Å². The number of nitrogens with zero attached hydrogens (tertiary/aromatic N) is 3. The van der Waals surface area contributed by atoms with Crippen molar-refractivity contribution < 1.29 is 33.2 Å². The second-order valence-electron chi connectivity index (χ2n) is 7.55. The Hall–Kier alpha value is -2.44. The molecule has 2 aromatic carbocycles. The van der Waals surface area contributed by atoms with Gasteiger partial charge in [-0.05, 0) is 38.1 Å². The minimum atomic E-state index is -1.58. The molecule has 178 valence electrons. The fraction of sp³-hybridized carbons (Fsp3) is 0.364. The number of aliphatic hydroxyl groups is 3. The summed E-state index contributed by atoms with van der Waals surface area (Å²) in [6, 6.07) is 9.11. The van der Waals surface area contributed by atoms with Crippen molar-refractivity contribution in [3.05, 3.63) is 65.6 Å². The van der Waals surface area contributed by atoms with Crippen LogP contribution in [0.5, 0.6) is 0 Å². The number of ether oxygens (including phenoxy) is 1. The first kappa shape index (κ1) is 25.2. The van der Waals surface area contributed by atoms with Crippen molar-refractivity contribution in [2.24, 2.45) is 0 Å². The molecule has 0 radical (unpaired) electrons. The fourth-order valence-corrected chi connectivity index (χ4v) is 4.12. The Labute approximate surface area is 192 Å². The second-order valence-corrected chi connectivity index (χ2v) is 8.72. The number of aromatic nitrogens is 3. The minimum absolute atomic E-state index is 0.0106. The van der Waals surface area contributed by atoms with E-state index in [1.54, 1.807) is 0 Å². The molecule has 2 unspecified atom stereocenters. The van der Waals surface area contributed by atoms with E-state index in [1.807, 2.05) is 31.2 Å². The maximum atomic E-state index is 13.5. The monoisotopic (exact) mass is 483 g/mol. The molecule has 0 bridgehead atoms. The first-order valence-corrected chi connectivity index (χ1v) is 11.0. The van der Waals surface area contributed by atoms with Crippen LogP contribution in [0.1, 0.15) is 12.5 Å². The Kier molecular flexibility index (Phi) is 8.49. The quantitative estimate of drug-likeness (QED) is 0.232. The molecule has 0 aliphatic rings. The number of hydrogen-bond acceptors (Lipinski definition) is 7. The van der Waals surface area contributed by atoms with E-state index in [0.29, 0.717) is 0 Å². The molecule has 0 fully saturated rings. The van der Waals surface area contributed by atoms with Crippen LogP contribution >= 0.6 is 11.8 Å². The molecular weight excluding hydrogens is 459 g/mol. The lowest BCUT2D eigenvalue weighted by Crippen LogP contribution is -2.39. The Morgan fingerprint density at radius 1 is 1.12 bits per heavy atom. The van der Waals surface area contributed by atoms with Crippen molar-refractivity contribution in [1.82, 2.24) is 15.0 Å². The van der Waals surface area contributed by atoms with E-state index >= 15 is 0 Å². The molecule has 7 nitrogen and oxygen atoms in total. The van der Waals surface area contributed by atoms with Gasteiger partial charge in [0.1, 0.15) is 23.3 Å². The van der Waals surface area contributed by atoms with Gasteiger partial charge in [0.2, 0.25) is 0 Å². The minimum Gasteiger partial charge on any atom is -0.394 e. The maximum Gasteiger partial charge on any atom is 0.194 e. The molecule has 0 saturated heterocycles. The summed E-state index contributed by atoms with van der Waals surface area (Å²) in [5, 5.41) is 37.9. The van der Waals surface area contributed by atoms with Gasteiger partial charge in [0.15, 0.2) is 17.5 Å². The van der Waals surface area contributed by atoms with E-state index in [1.165, 1.54) is 29.6 Å². The van der Waals surface area contributed by atoms with Gasteiger partial charge in [-0.3, -0.25) is 0 Å². The SMILES string of the molecule is Cc1cccc(SC(OC(CO)[C@@H](C)O)[C@@H](O)Cn2cc(-c3cc(F)c(F)c(F)c3)nn2)c1. The van der Waals surface area contributed by atoms with Gasteiger partial charge in [0, 0.05) is 10.5 Å². The van der Waals surface area contributed by atoms with Crippen LogP contribution in [0.4, 0.5) is 13.2 Å². The fourth-order valence-electron chi connectivity index (χ4n) is 3.00. The zero-order valence-electron chi connectivity index (χ0n) is 17.9. The van der Waals surface area contributed by atoms with Crippen LogP contribution in [0.3, 0.4) is 0 Å². The van der Waals surface area contributed by atoms with Crippen molar-refractivity contribution in [2.45, 2.75) is 49.0 Å². The topological polar surface area (TPSA) is 101 Å². The molecule has 3 N–H and O–H groups in total. The summed E-state index contributed by atoms with van der Waals surface area (Å²) >= 11 is 1.20. The molecule has 0 saturated carbocycles. The highest BCUT2D eigenvalue weighted by Gasteiger charge is 2.28. The molecular formula is C22H24F3N3O4S. The Morgan fingerprint density at radius 3 is 2.42 bits per heavy atom. The third kappa shape index (κ3) is 6.55. The average molecular weight is 484 g/mol. The Balaban J connectivity index is 1.79. The van der Waals surface area contributed by atoms with Crippen LogP contribution in [0.15, 0.2) is 47.5 Å². The summed E-state index contributed by atoms with van der Waals surface area (Å²) in [6.45, 7) is 2.82.